The lowest BCUT2D eigenvalue weighted by Crippen LogP contribution is -2.07. The van der Waals surface area contributed by atoms with E-state index in [1.807, 2.05) is 0 Å². The van der Waals surface area contributed by atoms with Gasteiger partial charge in [0.2, 0.25) is 10.9 Å². The van der Waals surface area contributed by atoms with Gasteiger partial charge in [-0.05, 0) is 28.1 Å². The minimum Gasteiger partial charge on any atom is -0.290 e. The van der Waals surface area contributed by atoms with Crippen molar-refractivity contribution in [2.24, 2.45) is 0 Å². The zero-order chi connectivity index (χ0) is 9.14. The van der Waals surface area contributed by atoms with Crippen LogP contribution in [0.1, 0.15) is 10.4 Å². The first-order chi connectivity index (χ1) is 5.61. The van der Waals surface area contributed by atoms with Crippen molar-refractivity contribution in [2.75, 3.05) is 0 Å². The van der Waals surface area contributed by atoms with Gasteiger partial charge in [-0.15, -0.1) is 0 Å². The lowest BCUT2D eigenvalue weighted by atomic mass is 10.1. The van der Waals surface area contributed by atoms with Crippen LogP contribution in [0.3, 0.4) is 0 Å². The number of alkyl halides is 2. The van der Waals surface area contributed by atoms with E-state index in [0.29, 0.717) is 5.56 Å². The van der Waals surface area contributed by atoms with Crippen LogP contribution in [-0.4, -0.2) is 10.9 Å². The molecule has 1 aromatic carbocycles. The van der Waals surface area contributed by atoms with E-state index in [0.717, 1.165) is 4.47 Å². The fourth-order valence-corrected chi connectivity index (χ4v) is 1.43. The van der Waals surface area contributed by atoms with Gasteiger partial charge in [0.15, 0.2) is 0 Å². The van der Waals surface area contributed by atoms with Gasteiger partial charge in [-0.25, -0.2) is 4.39 Å². The van der Waals surface area contributed by atoms with E-state index >= 15 is 0 Å². The average Bonchev–Trinajstić information content (AvgIpc) is 2.03. The quantitative estimate of drug-likeness (QED) is 0.604. The highest BCUT2D eigenvalue weighted by Crippen LogP contribution is 2.16. The first kappa shape index (κ1) is 9.86. The minimum atomic E-state index is -1.62. The average molecular weight is 296 g/mol. The molecule has 1 rings (SSSR count). The molecule has 0 aromatic heterocycles. The zero-order valence-electron chi connectivity index (χ0n) is 5.93. The smallest absolute Gasteiger partial charge is 0.217 e. The summed E-state index contributed by atoms with van der Waals surface area (Å²) < 4.78 is 13.2. The molecule has 0 aliphatic heterocycles. The number of Topliss-reactive ketones (excluding diaryl/α,β-unsaturated/α-hetero) is 1. The predicted octanol–water partition coefficient (Wildman–Crippen LogP) is 3.32. The van der Waals surface area contributed by atoms with Gasteiger partial charge in [0.1, 0.15) is 0 Å². The molecule has 0 heterocycles. The van der Waals surface area contributed by atoms with E-state index in [-0.39, 0.29) is 0 Å². The van der Waals surface area contributed by atoms with Gasteiger partial charge in [-0.3, -0.25) is 4.79 Å². The van der Waals surface area contributed by atoms with Crippen LogP contribution in [0.2, 0.25) is 0 Å². The first-order valence-electron chi connectivity index (χ1n) is 3.19. The summed E-state index contributed by atoms with van der Waals surface area (Å²) in [5.41, 5.74) is 0.355. The number of ketones is 1. The van der Waals surface area contributed by atoms with Crippen LogP contribution in [-0.2, 0) is 0 Å². The lowest BCUT2D eigenvalue weighted by molar-refractivity contribution is 0.0942. The first-order valence-corrected chi connectivity index (χ1v) is 4.90. The Morgan fingerprint density at radius 1 is 1.50 bits per heavy atom. The molecule has 0 spiro atoms. The van der Waals surface area contributed by atoms with Gasteiger partial charge in [-0.2, -0.15) is 0 Å². The Kier molecular flexibility index (Phi) is 3.40. The van der Waals surface area contributed by atoms with Gasteiger partial charge in [-0.1, -0.05) is 28.1 Å². The number of carbonyl (C=O) groups excluding carboxylic acids is 1. The largest absolute Gasteiger partial charge is 0.290 e. The summed E-state index contributed by atoms with van der Waals surface area (Å²) in [6, 6.07) is 6.61. The Labute approximate surface area is 86.2 Å². The van der Waals surface area contributed by atoms with Crippen molar-refractivity contribution in [3.63, 3.8) is 0 Å². The van der Waals surface area contributed by atoms with Gasteiger partial charge in [0, 0.05) is 10.0 Å². The molecule has 0 saturated heterocycles. The van der Waals surface area contributed by atoms with E-state index in [1.165, 1.54) is 0 Å². The topological polar surface area (TPSA) is 17.1 Å². The number of hydrogen-bond donors (Lipinski definition) is 0. The molecule has 1 unspecified atom stereocenters. The third kappa shape index (κ3) is 2.38. The van der Waals surface area contributed by atoms with E-state index < -0.39 is 10.9 Å². The molecule has 0 fully saturated rings. The maximum Gasteiger partial charge on any atom is 0.217 e. The van der Waals surface area contributed by atoms with Crippen molar-refractivity contribution in [1.29, 1.82) is 0 Å². The highest BCUT2D eigenvalue weighted by molar-refractivity contribution is 9.10. The van der Waals surface area contributed by atoms with Crippen LogP contribution in [0, 0.1) is 0 Å². The normalized spacial score (nSPS) is 12.6. The molecule has 64 valence electrons. The molecule has 0 aliphatic carbocycles. The van der Waals surface area contributed by atoms with Gasteiger partial charge in [0.05, 0.1) is 0 Å². The third-order valence-electron chi connectivity index (χ3n) is 1.31. The van der Waals surface area contributed by atoms with Crippen molar-refractivity contribution in [3.8, 4) is 0 Å². The summed E-state index contributed by atoms with van der Waals surface area (Å²) in [5.74, 6) is -0.559. The van der Waals surface area contributed by atoms with Crippen LogP contribution >= 0.6 is 31.9 Å². The number of hydrogen-bond acceptors (Lipinski definition) is 1. The molecule has 0 bridgehead atoms. The molecule has 1 nitrogen and oxygen atoms in total. The second kappa shape index (κ2) is 4.14. The van der Waals surface area contributed by atoms with E-state index in [1.54, 1.807) is 24.3 Å². The molecule has 0 N–H and O–H groups in total. The van der Waals surface area contributed by atoms with Crippen molar-refractivity contribution >= 4 is 37.6 Å². The number of carbonyl (C=O) groups is 1. The molecule has 0 aliphatic rings. The van der Waals surface area contributed by atoms with E-state index in [9.17, 15) is 9.18 Å². The molecule has 0 saturated carbocycles. The summed E-state index contributed by atoms with van der Waals surface area (Å²) >= 11 is 5.76. The second-order valence-corrected chi connectivity index (χ2v) is 3.89. The summed E-state index contributed by atoms with van der Waals surface area (Å²) in [7, 11) is 0. The van der Waals surface area contributed by atoms with Crippen LogP contribution in [0.25, 0.3) is 0 Å². The SMILES string of the molecule is O=C(c1cccc(Br)c1)C(F)Br. The van der Waals surface area contributed by atoms with E-state index in [4.69, 9.17) is 0 Å². The molecule has 12 heavy (non-hydrogen) atoms. The summed E-state index contributed by atoms with van der Waals surface area (Å²) in [6.07, 6.45) is 0. The summed E-state index contributed by atoms with van der Waals surface area (Å²) in [4.78, 5) is 11.1. The van der Waals surface area contributed by atoms with Crippen LogP contribution in [0.15, 0.2) is 28.7 Å². The van der Waals surface area contributed by atoms with Crippen molar-refractivity contribution in [3.05, 3.63) is 34.3 Å². The lowest BCUT2D eigenvalue weighted by Gasteiger charge is -1.99. The van der Waals surface area contributed by atoms with Gasteiger partial charge >= 0.3 is 0 Å². The Morgan fingerprint density at radius 3 is 2.67 bits per heavy atom. The zero-order valence-corrected chi connectivity index (χ0v) is 9.10. The second-order valence-electron chi connectivity index (χ2n) is 2.18. The van der Waals surface area contributed by atoms with Gasteiger partial charge in [0.25, 0.3) is 0 Å². The number of rotatable bonds is 2. The predicted molar refractivity (Wildman–Crippen MR) is 52.3 cm³/mol. The minimum absolute atomic E-state index is 0.355. The van der Waals surface area contributed by atoms with Crippen LogP contribution in [0.5, 0.6) is 0 Å². The summed E-state index contributed by atoms with van der Waals surface area (Å²) in [6.45, 7) is 0. The molecule has 1 atom stereocenters. The van der Waals surface area contributed by atoms with Crippen molar-refractivity contribution in [1.82, 2.24) is 0 Å². The fourth-order valence-electron chi connectivity index (χ4n) is 0.768. The standard InChI is InChI=1S/C8H5Br2FO/c9-6-3-1-2-5(4-6)7(12)8(10)11/h1-4,8H. The Hall–Kier alpha value is -0.220. The number of halogens is 3. The Balaban J connectivity index is 2.96. The highest BCUT2D eigenvalue weighted by atomic mass is 79.9. The molecule has 4 heteroatoms. The number of benzene rings is 1. The molecule has 1 aromatic rings. The maximum atomic E-state index is 12.5. The Morgan fingerprint density at radius 2 is 2.17 bits per heavy atom. The van der Waals surface area contributed by atoms with Crippen LogP contribution < -0.4 is 0 Å². The molecular weight excluding hydrogens is 291 g/mol. The molecule has 0 radical (unpaired) electrons. The third-order valence-corrected chi connectivity index (χ3v) is 2.22. The maximum absolute atomic E-state index is 12.5. The Bertz CT molecular complexity index is 299. The van der Waals surface area contributed by atoms with E-state index in [2.05, 4.69) is 31.9 Å². The van der Waals surface area contributed by atoms with Crippen molar-refractivity contribution in [2.45, 2.75) is 5.08 Å². The van der Waals surface area contributed by atoms with Crippen LogP contribution in [0.4, 0.5) is 4.39 Å². The molecular formula is C8H5Br2FO. The van der Waals surface area contributed by atoms with Gasteiger partial charge < -0.3 is 0 Å². The monoisotopic (exact) mass is 294 g/mol. The molecule has 0 amide bonds. The van der Waals surface area contributed by atoms with Crippen molar-refractivity contribution < 1.29 is 9.18 Å². The summed E-state index contributed by atoms with van der Waals surface area (Å²) in [5, 5.41) is -1.62. The highest BCUT2D eigenvalue weighted by Gasteiger charge is 2.14. The fraction of sp³-hybridized carbons (Fsp3) is 0.125.